The third-order valence-electron chi connectivity index (χ3n) is 5.28. The van der Waals surface area contributed by atoms with Crippen molar-refractivity contribution in [3.63, 3.8) is 0 Å². The summed E-state index contributed by atoms with van der Waals surface area (Å²) in [6, 6.07) is 9.07. The number of thioether (sulfide) groups is 1. The smallest absolute Gasteiger partial charge is 0.272 e. The van der Waals surface area contributed by atoms with E-state index in [2.05, 4.69) is 15.5 Å². The van der Waals surface area contributed by atoms with Crippen LogP contribution in [0.25, 0.3) is 16.0 Å². The molecular formula is C21H21N5O4S2. The molecule has 166 valence electrons. The van der Waals surface area contributed by atoms with Crippen molar-refractivity contribution >= 4 is 50.7 Å². The fraction of sp³-hybridized carbons (Fsp3) is 0.333. The molecule has 0 bridgehead atoms. The molecule has 0 unspecified atom stereocenters. The Kier molecular flexibility index (Phi) is 5.85. The van der Waals surface area contributed by atoms with E-state index < -0.39 is 0 Å². The third kappa shape index (κ3) is 3.98. The maximum absolute atomic E-state index is 13.1. The summed E-state index contributed by atoms with van der Waals surface area (Å²) in [5.74, 6) is 1.11. The van der Waals surface area contributed by atoms with Crippen LogP contribution in [0.3, 0.4) is 0 Å². The number of benzene rings is 1. The number of rotatable bonds is 7. The van der Waals surface area contributed by atoms with Gasteiger partial charge in [-0.3, -0.25) is 18.6 Å². The zero-order valence-electron chi connectivity index (χ0n) is 17.3. The predicted octanol–water partition coefficient (Wildman–Crippen LogP) is 3.02. The van der Waals surface area contributed by atoms with Gasteiger partial charge in [0, 0.05) is 18.4 Å². The average molecular weight is 472 g/mol. The van der Waals surface area contributed by atoms with Crippen molar-refractivity contribution in [3.8, 4) is 5.75 Å². The molecule has 5 rings (SSSR count). The van der Waals surface area contributed by atoms with Crippen LogP contribution < -0.4 is 15.6 Å². The van der Waals surface area contributed by atoms with Crippen LogP contribution >= 0.6 is 23.1 Å². The topological polar surface area (TPSA) is 99.8 Å². The second-order valence-electron chi connectivity index (χ2n) is 7.37. The lowest BCUT2D eigenvalue weighted by molar-refractivity contribution is -0.113. The molecule has 1 fully saturated rings. The number of carbonyl (C=O) groups excluding carboxylic acids is 1. The summed E-state index contributed by atoms with van der Waals surface area (Å²) in [7, 11) is 1.58. The van der Waals surface area contributed by atoms with Gasteiger partial charge in [-0.05, 0) is 36.4 Å². The van der Waals surface area contributed by atoms with Crippen LogP contribution in [0, 0.1) is 0 Å². The van der Waals surface area contributed by atoms with Gasteiger partial charge in [-0.15, -0.1) is 21.5 Å². The lowest BCUT2D eigenvalue weighted by atomic mass is 10.2. The number of anilines is 1. The summed E-state index contributed by atoms with van der Waals surface area (Å²) in [5.41, 5.74) is 1.32. The van der Waals surface area contributed by atoms with E-state index in [1.54, 1.807) is 23.8 Å². The summed E-state index contributed by atoms with van der Waals surface area (Å²) in [4.78, 5) is 25.6. The Morgan fingerprint density at radius 1 is 1.38 bits per heavy atom. The Balaban J connectivity index is 1.41. The molecule has 32 heavy (non-hydrogen) atoms. The van der Waals surface area contributed by atoms with E-state index >= 15 is 0 Å². The zero-order valence-corrected chi connectivity index (χ0v) is 18.9. The molecular weight excluding hydrogens is 450 g/mol. The van der Waals surface area contributed by atoms with Gasteiger partial charge in [0.05, 0.1) is 31.0 Å². The monoisotopic (exact) mass is 471 g/mol. The van der Waals surface area contributed by atoms with Crippen LogP contribution in [0.5, 0.6) is 5.75 Å². The number of methoxy groups -OCH3 is 1. The first kappa shape index (κ1) is 21.0. The van der Waals surface area contributed by atoms with Crippen LogP contribution in [0.1, 0.15) is 12.8 Å². The number of amides is 1. The number of nitrogens with zero attached hydrogens (tertiary/aromatic N) is 4. The van der Waals surface area contributed by atoms with Gasteiger partial charge in [-0.2, -0.15) is 0 Å². The Hall–Kier alpha value is -2.89. The number of ether oxygens (including phenoxy) is 2. The molecule has 1 saturated heterocycles. The molecule has 1 atom stereocenters. The molecule has 1 amide bonds. The van der Waals surface area contributed by atoms with Gasteiger partial charge in [0.2, 0.25) is 11.7 Å². The second kappa shape index (κ2) is 8.93. The standard InChI is InChI=1S/C21H21N5O4S2/c1-29-14-5-2-4-13(10-14)22-17(27)12-32-21-24-23-20-25(11-15-6-3-8-30-15)19(28)18-16(26(20)21)7-9-31-18/h2,4-5,7,9-10,15H,3,6,8,11-12H2,1H3,(H,22,27)/t15-/m0/s1. The molecule has 4 aromatic rings. The highest BCUT2D eigenvalue weighted by Crippen LogP contribution is 2.25. The number of thiophene rings is 1. The van der Waals surface area contributed by atoms with Gasteiger partial charge in [-0.25, -0.2) is 0 Å². The molecule has 0 saturated carbocycles. The number of hydrogen-bond donors (Lipinski definition) is 1. The molecule has 11 heteroatoms. The summed E-state index contributed by atoms with van der Waals surface area (Å²) < 4.78 is 15.1. The minimum absolute atomic E-state index is 0.00430. The molecule has 3 aromatic heterocycles. The molecule has 4 heterocycles. The molecule has 1 aliphatic heterocycles. The van der Waals surface area contributed by atoms with Crippen LogP contribution in [-0.2, 0) is 16.1 Å². The predicted molar refractivity (Wildman–Crippen MR) is 124 cm³/mol. The fourth-order valence-corrected chi connectivity index (χ4v) is 5.34. The first-order chi connectivity index (χ1) is 15.6. The maximum atomic E-state index is 13.1. The number of hydrogen-bond acceptors (Lipinski definition) is 8. The first-order valence-corrected chi connectivity index (χ1v) is 12.0. The van der Waals surface area contributed by atoms with Crippen LogP contribution in [0.4, 0.5) is 5.69 Å². The zero-order chi connectivity index (χ0) is 22.1. The van der Waals surface area contributed by atoms with Crippen molar-refractivity contribution in [3.05, 3.63) is 46.1 Å². The fourth-order valence-electron chi connectivity index (χ4n) is 3.78. The van der Waals surface area contributed by atoms with Crippen molar-refractivity contribution in [1.82, 2.24) is 19.2 Å². The van der Waals surface area contributed by atoms with Gasteiger partial charge in [0.15, 0.2) is 5.16 Å². The number of carbonyl (C=O) groups is 1. The Morgan fingerprint density at radius 3 is 3.09 bits per heavy atom. The third-order valence-corrected chi connectivity index (χ3v) is 7.10. The van der Waals surface area contributed by atoms with Crippen molar-refractivity contribution in [1.29, 1.82) is 0 Å². The minimum Gasteiger partial charge on any atom is -0.497 e. The summed E-state index contributed by atoms with van der Waals surface area (Å²) in [6.07, 6.45) is 1.91. The largest absolute Gasteiger partial charge is 0.497 e. The summed E-state index contributed by atoms with van der Waals surface area (Å²) >= 11 is 2.67. The lowest BCUT2D eigenvalue weighted by Gasteiger charge is -2.13. The SMILES string of the molecule is COc1cccc(NC(=O)CSc2nnc3n(C[C@@H]4CCCO4)c(=O)c4sccc4n23)c1. The van der Waals surface area contributed by atoms with E-state index in [0.717, 1.165) is 18.4 Å². The van der Waals surface area contributed by atoms with E-state index in [-0.39, 0.29) is 23.3 Å². The maximum Gasteiger partial charge on any atom is 0.272 e. The number of aromatic nitrogens is 4. The van der Waals surface area contributed by atoms with Gasteiger partial charge in [-0.1, -0.05) is 17.8 Å². The van der Waals surface area contributed by atoms with E-state index in [0.29, 0.717) is 40.2 Å². The Bertz CT molecular complexity index is 1340. The molecule has 0 spiro atoms. The highest BCUT2D eigenvalue weighted by atomic mass is 32.2. The summed E-state index contributed by atoms with van der Waals surface area (Å²) in [5, 5.41) is 13.9. The molecule has 1 aromatic carbocycles. The van der Waals surface area contributed by atoms with Crippen molar-refractivity contribution < 1.29 is 14.3 Å². The highest BCUT2D eigenvalue weighted by molar-refractivity contribution is 7.99. The number of fused-ring (bicyclic) bond motifs is 3. The number of nitrogens with one attached hydrogen (secondary N) is 1. The molecule has 9 nitrogen and oxygen atoms in total. The van der Waals surface area contributed by atoms with Gasteiger partial charge in [0.25, 0.3) is 5.56 Å². The van der Waals surface area contributed by atoms with Crippen molar-refractivity contribution in [2.24, 2.45) is 0 Å². The normalized spacial score (nSPS) is 16.1. The van der Waals surface area contributed by atoms with Gasteiger partial charge < -0.3 is 14.8 Å². The first-order valence-electron chi connectivity index (χ1n) is 10.2. The van der Waals surface area contributed by atoms with Gasteiger partial charge in [0.1, 0.15) is 10.4 Å². The second-order valence-corrected chi connectivity index (χ2v) is 9.23. The average Bonchev–Trinajstić information content (AvgIpc) is 3.56. The lowest BCUT2D eigenvalue weighted by Crippen LogP contribution is -2.28. The molecule has 0 aliphatic carbocycles. The van der Waals surface area contributed by atoms with Crippen molar-refractivity contribution in [2.75, 3.05) is 24.8 Å². The van der Waals surface area contributed by atoms with E-state index in [4.69, 9.17) is 9.47 Å². The molecule has 0 radical (unpaired) electrons. The molecule has 1 aliphatic rings. The van der Waals surface area contributed by atoms with E-state index in [1.807, 2.05) is 28.0 Å². The van der Waals surface area contributed by atoms with Crippen molar-refractivity contribution in [2.45, 2.75) is 30.6 Å². The van der Waals surface area contributed by atoms with Gasteiger partial charge >= 0.3 is 0 Å². The van der Waals surface area contributed by atoms with Crippen LogP contribution in [0.15, 0.2) is 45.7 Å². The minimum atomic E-state index is -0.172. The molecule has 1 N–H and O–H groups in total. The van der Waals surface area contributed by atoms with Crippen LogP contribution in [0.2, 0.25) is 0 Å². The van der Waals surface area contributed by atoms with E-state index in [9.17, 15) is 9.59 Å². The quantitative estimate of drug-likeness (QED) is 0.414. The summed E-state index contributed by atoms with van der Waals surface area (Å²) in [6.45, 7) is 1.16. The van der Waals surface area contributed by atoms with E-state index in [1.165, 1.54) is 23.1 Å². The Morgan fingerprint density at radius 2 is 2.28 bits per heavy atom. The Labute approximate surface area is 191 Å². The van der Waals surface area contributed by atoms with Crippen LogP contribution in [-0.4, -0.2) is 50.6 Å². The highest BCUT2D eigenvalue weighted by Gasteiger charge is 2.23.